The van der Waals surface area contributed by atoms with Gasteiger partial charge in [-0.3, -0.25) is 9.80 Å². The van der Waals surface area contributed by atoms with Gasteiger partial charge in [0.2, 0.25) is 0 Å². The number of methoxy groups -OCH3 is 1. The highest BCUT2D eigenvalue weighted by molar-refractivity contribution is 7.09. The van der Waals surface area contributed by atoms with Crippen LogP contribution in [0.1, 0.15) is 67.3 Å². The van der Waals surface area contributed by atoms with Crippen LogP contribution < -0.4 is 4.74 Å². The number of aromatic nitrogens is 2. The summed E-state index contributed by atoms with van der Waals surface area (Å²) in [6.07, 6.45) is 11.0. The van der Waals surface area contributed by atoms with Crippen LogP contribution in [0.4, 0.5) is 0 Å². The number of hydrogen-bond acceptors (Lipinski definition) is 6. The van der Waals surface area contributed by atoms with E-state index in [9.17, 15) is 5.11 Å². The molecule has 194 valence electrons. The van der Waals surface area contributed by atoms with E-state index in [0.29, 0.717) is 0 Å². The minimum atomic E-state index is 0.0595. The van der Waals surface area contributed by atoms with Crippen LogP contribution in [-0.4, -0.2) is 64.4 Å². The molecule has 36 heavy (non-hydrogen) atoms. The fraction of sp³-hybridized carbons (Fsp3) is 0.621. The summed E-state index contributed by atoms with van der Waals surface area (Å²) in [6.45, 7) is 5.48. The number of ether oxygens (including phenoxy) is 1. The third kappa shape index (κ3) is 4.28. The van der Waals surface area contributed by atoms with E-state index in [4.69, 9.17) is 4.74 Å². The maximum absolute atomic E-state index is 10.8. The van der Waals surface area contributed by atoms with E-state index in [-0.39, 0.29) is 18.1 Å². The molecule has 1 atom stereocenters. The lowest BCUT2D eigenvalue weighted by Crippen LogP contribution is -2.54. The van der Waals surface area contributed by atoms with Crippen LogP contribution in [0.3, 0.4) is 0 Å². The predicted molar refractivity (Wildman–Crippen MR) is 146 cm³/mol. The maximum atomic E-state index is 10.8. The average molecular weight is 509 g/mol. The summed E-state index contributed by atoms with van der Waals surface area (Å²) in [6, 6.07) is 6.61. The number of fused-ring (bicyclic) bond motifs is 4. The monoisotopic (exact) mass is 508 g/mol. The molecule has 3 aromatic rings. The van der Waals surface area contributed by atoms with Crippen LogP contribution in [-0.2, 0) is 19.0 Å². The first-order valence-electron chi connectivity index (χ1n) is 13.7. The van der Waals surface area contributed by atoms with Crippen LogP contribution in [0.5, 0.6) is 5.75 Å². The van der Waals surface area contributed by atoms with Crippen molar-refractivity contribution in [3.63, 3.8) is 0 Å². The van der Waals surface area contributed by atoms with Gasteiger partial charge in [0.25, 0.3) is 0 Å². The molecule has 1 spiro atoms. The lowest BCUT2D eigenvalue weighted by Gasteiger charge is -2.51. The Kier molecular flexibility index (Phi) is 6.84. The largest absolute Gasteiger partial charge is 0.497 e. The molecule has 3 aliphatic rings. The minimum absolute atomic E-state index is 0.0595. The molecule has 6 rings (SSSR count). The Labute approximate surface area is 218 Å². The second kappa shape index (κ2) is 10.1. The van der Waals surface area contributed by atoms with Crippen molar-refractivity contribution in [3.8, 4) is 5.75 Å². The average Bonchev–Trinajstić information content (AvgIpc) is 3.53. The maximum Gasteiger partial charge on any atom is 0.120 e. The van der Waals surface area contributed by atoms with Crippen molar-refractivity contribution in [1.82, 2.24) is 19.4 Å². The van der Waals surface area contributed by atoms with E-state index >= 15 is 0 Å². The minimum Gasteiger partial charge on any atom is -0.497 e. The Morgan fingerprint density at radius 1 is 1.17 bits per heavy atom. The van der Waals surface area contributed by atoms with Crippen molar-refractivity contribution in [2.45, 2.75) is 62.9 Å². The van der Waals surface area contributed by atoms with Gasteiger partial charge in [-0.2, -0.15) is 0 Å². The third-order valence-electron chi connectivity index (χ3n) is 9.29. The predicted octanol–water partition coefficient (Wildman–Crippen LogP) is 5.11. The van der Waals surface area contributed by atoms with Gasteiger partial charge in [-0.05, 0) is 62.4 Å². The molecule has 4 heterocycles. The first-order chi connectivity index (χ1) is 17.6. The van der Waals surface area contributed by atoms with E-state index in [1.165, 1.54) is 59.3 Å². The number of aryl methyl sites for hydroxylation is 1. The molecule has 1 N–H and O–H groups in total. The van der Waals surface area contributed by atoms with E-state index < -0.39 is 0 Å². The van der Waals surface area contributed by atoms with Crippen molar-refractivity contribution in [2.75, 3.05) is 39.9 Å². The summed E-state index contributed by atoms with van der Waals surface area (Å²) in [7, 11) is 3.94. The number of likely N-dealkylation sites (tertiary alicyclic amines) is 1. The Bertz CT molecular complexity index is 1180. The van der Waals surface area contributed by atoms with E-state index in [1.54, 1.807) is 18.4 Å². The second-order valence-electron chi connectivity index (χ2n) is 11.3. The second-order valence-corrected chi connectivity index (χ2v) is 12.3. The summed E-state index contributed by atoms with van der Waals surface area (Å²) < 4.78 is 7.97. The summed E-state index contributed by atoms with van der Waals surface area (Å²) in [5, 5.41) is 15.4. The topological polar surface area (TPSA) is 53.8 Å². The molecule has 1 aromatic carbocycles. The Morgan fingerprint density at radius 2 is 1.97 bits per heavy atom. The Morgan fingerprint density at radius 3 is 2.67 bits per heavy atom. The lowest BCUT2D eigenvalue weighted by molar-refractivity contribution is 0.0315. The molecule has 2 aliphatic heterocycles. The number of aliphatic hydroxyl groups excluding tert-OH is 1. The zero-order valence-corrected chi connectivity index (χ0v) is 22.6. The molecular formula is C29H40N4O2S. The normalized spacial score (nSPS) is 23.4. The molecular weight excluding hydrogens is 468 g/mol. The highest BCUT2D eigenvalue weighted by Crippen LogP contribution is 2.50. The summed E-state index contributed by atoms with van der Waals surface area (Å²) >= 11 is 1.76. The molecule has 0 bridgehead atoms. The van der Waals surface area contributed by atoms with Gasteiger partial charge in [0.1, 0.15) is 10.8 Å². The first kappa shape index (κ1) is 24.4. The van der Waals surface area contributed by atoms with Crippen molar-refractivity contribution < 1.29 is 9.84 Å². The molecule has 1 aliphatic carbocycles. The number of thiazole rings is 1. The first-order valence-corrected chi connectivity index (χ1v) is 14.6. The number of hydrogen-bond donors (Lipinski definition) is 1. The summed E-state index contributed by atoms with van der Waals surface area (Å²) in [5.41, 5.74) is 4.16. The van der Waals surface area contributed by atoms with Gasteiger partial charge in [-0.1, -0.05) is 19.3 Å². The number of nitrogens with zero attached hydrogens (tertiary/aromatic N) is 4. The number of rotatable bonds is 6. The number of benzene rings is 1. The SMILES string of the molecule is COc1ccc2c3c(n(C)c2c1)[C@@H](CO)N(CC1CCCCC1)CC31CCN(Cc2nccs2)CC1. The molecule has 1 saturated heterocycles. The molecule has 0 amide bonds. The van der Waals surface area contributed by atoms with Crippen molar-refractivity contribution in [2.24, 2.45) is 13.0 Å². The lowest BCUT2D eigenvalue weighted by atomic mass is 9.68. The Balaban J connectivity index is 1.39. The van der Waals surface area contributed by atoms with Gasteiger partial charge in [0.05, 0.1) is 31.8 Å². The molecule has 7 heteroatoms. The van der Waals surface area contributed by atoms with Crippen LogP contribution >= 0.6 is 11.3 Å². The van der Waals surface area contributed by atoms with E-state index in [0.717, 1.165) is 57.2 Å². The van der Waals surface area contributed by atoms with E-state index in [1.807, 2.05) is 6.20 Å². The van der Waals surface area contributed by atoms with Crippen molar-refractivity contribution in [1.29, 1.82) is 0 Å². The number of piperidine rings is 1. The molecule has 0 unspecified atom stereocenters. The van der Waals surface area contributed by atoms with Crippen LogP contribution in [0.25, 0.3) is 10.9 Å². The fourth-order valence-electron chi connectivity index (χ4n) is 7.43. The van der Waals surface area contributed by atoms with Gasteiger partial charge in [0, 0.05) is 54.3 Å². The number of aliphatic hydroxyl groups is 1. The molecule has 0 radical (unpaired) electrons. The zero-order chi connectivity index (χ0) is 24.7. The van der Waals surface area contributed by atoms with E-state index in [2.05, 4.69) is 50.0 Å². The highest BCUT2D eigenvalue weighted by Gasteiger charge is 2.48. The van der Waals surface area contributed by atoms with Gasteiger partial charge in [-0.25, -0.2) is 4.98 Å². The van der Waals surface area contributed by atoms with Gasteiger partial charge < -0.3 is 14.4 Å². The van der Waals surface area contributed by atoms with Crippen LogP contribution in [0, 0.1) is 5.92 Å². The quantitative estimate of drug-likeness (QED) is 0.502. The Hall–Kier alpha value is -1.93. The van der Waals surface area contributed by atoms with Crippen LogP contribution in [0.2, 0.25) is 0 Å². The van der Waals surface area contributed by atoms with Gasteiger partial charge in [-0.15, -0.1) is 11.3 Å². The smallest absolute Gasteiger partial charge is 0.120 e. The molecule has 2 fully saturated rings. The molecule has 1 saturated carbocycles. The summed E-state index contributed by atoms with van der Waals surface area (Å²) in [4.78, 5) is 9.79. The highest BCUT2D eigenvalue weighted by atomic mass is 32.1. The van der Waals surface area contributed by atoms with Crippen LogP contribution in [0.15, 0.2) is 29.8 Å². The standard InChI is InChI=1S/C29H40N4O2S/c1-31-24-16-22(35-2)8-9-23(24)27-28(31)25(19-34)33(17-21-6-4-3-5-7-21)20-29(27)10-13-32(14-11-29)18-26-30-12-15-36-26/h8-9,12,15-16,21,25,34H,3-7,10-11,13-14,17-20H2,1-2H3/t25-/m1/s1. The van der Waals surface area contributed by atoms with Gasteiger partial charge >= 0.3 is 0 Å². The molecule has 2 aromatic heterocycles. The zero-order valence-electron chi connectivity index (χ0n) is 21.8. The van der Waals surface area contributed by atoms with Crippen molar-refractivity contribution in [3.05, 3.63) is 46.0 Å². The van der Waals surface area contributed by atoms with Gasteiger partial charge in [0.15, 0.2) is 0 Å². The van der Waals surface area contributed by atoms with Crippen molar-refractivity contribution >= 4 is 22.2 Å². The fourth-order valence-corrected chi connectivity index (χ4v) is 8.08. The molecule has 6 nitrogen and oxygen atoms in total. The third-order valence-corrected chi connectivity index (χ3v) is 10.1. The summed E-state index contributed by atoms with van der Waals surface area (Å²) in [5.74, 6) is 1.65.